The maximum Gasteiger partial charge on any atom is 0.306 e. The van der Waals surface area contributed by atoms with Crippen LogP contribution < -0.4 is 5.32 Å². The first-order chi connectivity index (χ1) is 9.16. The molecule has 19 heavy (non-hydrogen) atoms. The smallest absolute Gasteiger partial charge is 0.306 e. The Balaban J connectivity index is 1.76. The normalized spacial score (nSPS) is 30.8. The Morgan fingerprint density at radius 3 is 2.63 bits per heavy atom. The molecule has 0 heterocycles. The molecule has 106 valence electrons. The topological polar surface area (TPSA) is 66.4 Å². The summed E-state index contributed by atoms with van der Waals surface area (Å²) in [7, 11) is 0. The van der Waals surface area contributed by atoms with Crippen molar-refractivity contribution in [1.29, 1.82) is 0 Å². The third-order valence-electron chi connectivity index (χ3n) is 4.34. The molecule has 4 nitrogen and oxygen atoms in total. The molecule has 0 aromatic rings. The predicted octanol–water partition coefficient (Wildman–Crippen LogP) is 2.35. The molecule has 0 aromatic carbocycles. The number of rotatable bonds is 4. The minimum Gasteiger partial charge on any atom is -0.481 e. The molecule has 0 aliphatic heterocycles. The molecule has 3 unspecified atom stereocenters. The summed E-state index contributed by atoms with van der Waals surface area (Å²) in [6, 6.07) is 0. The van der Waals surface area contributed by atoms with Crippen molar-refractivity contribution in [2.24, 2.45) is 17.8 Å². The lowest BCUT2D eigenvalue weighted by molar-refractivity contribution is -0.144. The molecule has 0 spiro atoms. The highest BCUT2D eigenvalue weighted by Gasteiger charge is 2.31. The number of carbonyl (C=O) groups is 2. The average molecular weight is 265 g/mol. The van der Waals surface area contributed by atoms with E-state index in [1.807, 2.05) is 0 Å². The summed E-state index contributed by atoms with van der Waals surface area (Å²) in [5.41, 5.74) is 0. The van der Waals surface area contributed by atoms with Gasteiger partial charge in [0.2, 0.25) is 5.91 Å². The minimum absolute atomic E-state index is 0.0560. The first kappa shape index (κ1) is 14.1. The van der Waals surface area contributed by atoms with Gasteiger partial charge in [0.1, 0.15) is 0 Å². The molecule has 2 N–H and O–H groups in total. The molecule has 0 saturated heterocycles. The van der Waals surface area contributed by atoms with E-state index in [-0.39, 0.29) is 17.7 Å². The van der Waals surface area contributed by atoms with Gasteiger partial charge in [-0.15, -0.1) is 0 Å². The van der Waals surface area contributed by atoms with Crippen molar-refractivity contribution >= 4 is 11.9 Å². The maximum absolute atomic E-state index is 12.1. The van der Waals surface area contributed by atoms with Crippen LogP contribution in [0.2, 0.25) is 0 Å². The average Bonchev–Trinajstić information content (AvgIpc) is 2.46. The number of hydrogen-bond acceptors (Lipinski definition) is 2. The first-order valence-corrected chi connectivity index (χ1v) is 7.32. The highest BCUT2D eigenvalue weighted by atomic mass is 16.4. The molecule has 1 amide bonds. The number of allylic oxidation sites excluding steroid dienone is 2. The molecule has 4 heteroatoms. The molecule has 3 atom stereocenters. The van der Waals surface area contributed by atoms with Crippen LogP contribution in [0.25, 0.3) is 0 Å². The van der Waals surface area contributed by atoms with Crippen LogP contribution in [-0.2, 0) is 9.59 Å². The van der Waals surface area contributed by atoms with Crippen LogP contribution in [-0.4, -0.2) is 23.5 Å². The van der Waals surface area contributed by atoms with Crippen molar-refractivity contribution in [3.05, 3.63) is 12.2 Å². The molecule has 0 radical (unpaired) electrons. The summed E-state index contributed by atoms with van der Waals surface area (Å²) in [5, 5.41) is 12.0. The lowest BCUT2D eigenvalue weighted by atomic mass is 9.81. The van der Waals surface area contributed by atoms with Gasteiger partial charge in [-0.25, -0.2) is 0 Å². The molecule has 1 fully saturated rings. The molecule has 0 aromatic heterocycles. The van der Waals surface area contributed by atoms with Crippen LogP contribution >= 0.6 is 0 Å². The van der Waals surface area contributed by atoms with E-state index in [0.29, 0.717) is 18.8 Å². The van der Waals surface area contributed by atoms with Gasteiger partial charge >= 0.3 is 5.97 Å². The van der Waals surface area contributed by atoms with Crippen LogP contribution in [0.3, 0.4) is 0 Å². The van der Waals surface area contributed by atoms with Gasteiger partial charge in [-0.1, -0.05) is 18.6 Å². The fourth-order valence-corrected chi connectivity index (χ4v) is 3.08. The van der Waals surface area contributed by atoms with Crippen LogP contribution in [0.1, 0.15) is 44.9 Å². The van der Waals surface area contributed by atoms with E-state index in [0.717, 1.165) is 38.6 Å². The van der Waals surface area contributed by atoms with Gasteiger partial charge in [0.15, 0.2) is 0 Å². The van der Waals surface area contributed by atoms with Gasteiger partial charge in [0, 0.05) is 12.5 Å². The number of carbonyl (C=O) groups excluding carboxylic acids is 1. The van der Waals surface area contributed by atoms with Crippen molar-refractivity contribution < 1.29 is 14.7 Å². The monoisotopic (exact) mass is 265 g/mol. The Morgan fingerprint density at radius 2 is 1.95 bits per heavy atom. The molecule has 1 saturated carbocycles. The summed E-state index contributed by atoms with van der Waals surface area (Å²) in [5.74, 6) is -0.584. The second-order valence-electron chi connectivity index (χ2n) is 5.79. The number of nitrogens with one attached hydrogen (secondary N) is 1. The lowest BCUT2D eigenvalue weighted by Crippen LogP contribution is -2.37. The first-order valence-electron chi connectivity index (χ1n) is 7.32. The SMILES string of the molecule is O=C(O)C1CCCC(C(=O)NCC2CC=CCC2)C1. The third-order valence-corrected chi connectivity index (χ3v) is 4.34. The maximum atomic E-state index is 12.1. The Bertz CT molecular complexity index is 364. The van der Waals surface area contributed by atoms with E-state index in [1.54, 1.807) is 0 Å². The Hall–Kier alpha value is -1.32. The van der Waals surface area contributed by atoms with Gasteiger partial charge in [-0.2, -0.15) is 0 Å². The van der Waals surface area contributed by atoms with Gasteiger partial charge < -0.3 is 10.4 Å². The molecular formula is C15H23NO3. The van der Waals surface area contributed by atoms with Crippen LogP contribution in [0, 0.1) is 17.8 Å². The zero-order valence-corrected chi connectivity index (χ0v) is 11.3. The zero-order valence-electron chi connectivity index (χ0n) is 11.3. The Kier molecular flexibility index (Phi) is 5.00. The number of aliphatic carboxylic acids is 1. The summed E-state index contributed by atoms with van der Waals surface area (Å²) in [6.45, 7) is 0.734. The van der Waals surface area contributed by atoms with E-state index in [4.69, 9.17) is 5.11 Å². The van der Waals surface area contributed by atoms with E-state index in [1.165, 1.54) is 0 Å². The predicted molar refractivity (Wildman–Crippen MR) is 72.6 cm³/mol. The molecule has 2 aliphatic rings. The van der Waals surface area contributed by atoms with Gasteiger partial charge in [-0.05, 0) is 44.4 Å². The van der Waals surface area contributed by atoms with Crippen LogP contribution in [0.5, 0.6) is 0 Å². The van der Waals surface area contributed by atoms with E-state index in [9.17, 15) is 9.59 Å². The van der Waals surface area contributed by atoms with Crippen molar-refractivity contribution in [2.75, 3.05) is 6.54 Å². The van der Waals surface area contributed by atoms with Crippen molar-refractivity contribution in [3.63, 3.8) is 0 Å². The molecular weight excluding hydrogens is 242 g/mol. The van der Waals surface area contributed by atoms with Crippen LogP contribution in [0.15, 0.2) is 12.2 Å². The van der Waals surface area contributed by atoms with Gasteiger partial charge in [0.25, 0.3) is 0 Å². The second kappa shape index (κ2) is 6.73. The number of hydrogen-bond donors (Lipinski definition) is 2. The summed E-state index contributed by atoms with van der Waals surface area (Å²) in [4.78, 5) is 23.1. The zero-order chi connectivity index (χ0) is 13.7. The van der Waals surface area contributed by atoms with Crippen molar-refractivity contribution in [2.45, 2.75) is 44.9 Å². The Labute approximate surface area is 114 Å². The minimum atomic E-state index is -0.755. The quantitative estimate of drug-likeness (QED) is 0.767. The fourth-order valence-electron chi connectivity index (χ4n) is 3.08. The third kappa shape index (κ3) is 4.08. The van der Waals surface area contributed by atoms with Gasteiger partial charge in [-0.3, -0.25) is 9.59 Å². The second-order valence-corrected chi connectivity index (χ2v) is 5.79. The van der Waals surface area contributed by atoms with Gasteiger partial charge in [0.05, 0.1) is 5.92 Å². The largest absolute Gasteiger partial charge is 0.481 e. The van der Waals surface area contributed by atoms with Crippen molar-refractivity contribution in [1.82, 2.24) is 5.32 Å². The van der Waals surface area contributed by atoms with Crippen molar-refractivity contribution in [3.8, 4) is 0 Å². The van der Waals surface area contributed by atoms with E-state index in [2.05, 4.69) is 17.5 Å². The number of amides is 1. The molecule has 2 rings (SSSR count). The summed E-state index contributed by atoms with van der Waals surface area (Å²) < 4.78 is 0. The fraction of sp³-hybridized carbons (Fsp3) is 0.733. The summed E-state index contributed by atoms with van der Waals surface area (Å²) >= 11 is 0. The highest BCUT2D eigenvalue weighted by molar-refractivity contribution is 5.80. The molecule has 2 aliphatic carbocycles. The number of carboxylic acids is 1. The lowest BCUT2D eigenvalue weighted by Gasteiger charge is -2.26. The summed E-state index contributed by atoms with van der Waals surface area (Å²) in [6.07, 6.45) is 10.6. The van der Waals surface area contributed by atoms with Crippen LogP contribution in [0.4, 0.5) is 0 Å². The van der Waals surface area contributed by atoms with E-state index < -0.39 is 5.97 Å². The Morgan fingerprint density at radius 1 is 1.16 bits per heavy atom. The standard InChI is InChI=1S/C15H23NO3/c17-14(16-10-11-5-2-1-3-6-11)12-7-4-8-13(9-12)15(18)19/h1-2,11-13H,3-10H2,(H,16,17)(H,18,19). The molecule has 0 bridgehead atoms. The highest BCUT2D eigenvalue weighted by Crippen LogP contribution is 2.29. The number of carboxylic acid groups (broad SMARTS) is 1. The van der Waals surface area contributed by atoms with E-state index >= 15 is 0 Å².